The van der Waals surface area contributed by atoms with Gasteiger partial charge in [0.1, 0.15) is 0 Å². The van der Waals surface area contributed by atoms with E-state index in [4.69, 9.17) is 9.84 Å². The molecule has 3 heteroatoms. The molecule has 84 valence electrons. The Bertz CT molecular complexity index is 135. The quantitative estimate of drug-likeness (QED) is 0.702. The van der Waals surface area contributed by atoms with Gasteiger partial charge in [-0.3, -0.25) is 4.90 Å². The van der Waals surface area contributed by atoms with Crippen molar-refractivity contribution in [1.29, 1.82) is 0 Å². The normalized spacial score (nSPS) is 22.9. The van der Waals surface area contributed by atoms with Gasteiger partial charge in [-0.1, -0.05) is 13.3 Å². The maximum absolute atomic E-state index is 8.98. The number of nitrogens with zero attached hydrogens (tertiary/aromatic N) is 1. The molecule has 0 aromatic rings. The molecule has 14 heavy (non-hydrogen) atoms. The minimum absolute atomic E-state index is 0.264. The SMILES string of the molecule is CCCCN(CCO)C1CCCOC1. The van der Waals surface area contributed by atoms with Crippen LogP contribution in [-0.4, -0.2) is 49.0 Å². The summed E-state index contributed by atoms with van der Waals surface area (Å²) in [5.41, 5.74) is 0. The van der Waals surface area contributed by atoms with Crippen LogP contribution in [0.4, 0.5) is 0 Å². The third-order valence-electron chi connectivity index (χ3n) is 2.84. The lowest BCUT2D eigenvalue weighted by Crippen LogP contribution is -2.43. The number of rotatable bonds is 6. The van der Waals surface area contributed by atoms with Crippen molar-refractivity contribution in [3.05, 3.63) is 0 Å². The summed E-state index contributed by atoms with van der Waals surface area (Å²) in [6.07, 6.45) is 4.83. The van der Waals surface area contributed by atoms with E-state index in [1.807, 2.05) is 0 Å². The molecular weight excluding hydrogens is 178 g/mol. The van der Waals surface area contributed by atoms with Crippen LogP contribution in [0, 0.1) is 0 Å². The molecule has 0 radical (unpaired) electrons. The summed E-state index contributed by atoms with van der Waals surface area (Å²) in [6, 6.07) is 0.544. The van der Waals surface area contributed by atoms with E-state index in [0.29, 0.717) is 6.04 Å². The number of hydrogen-bond acceptors (Lipinski definition) is 3. The van der Waals surface area contributed by atoms with E-state index in [2.05, 4.69) is 11.8 Å². The standard InChI is InChI=1S/C11H23NO2/c1-2-3-6-12(7-8-13)11-5-4-9-14-10-11/h11,13H,2-10H2,1H3. The first kappa shape index (κ1) is 12.0. The topological polar surface area (TPSA) is 32.7 Å². The van der Waals surface area contributed by atoms with Crippen LogP contribution in [0.5, 0.6) is 0 Å². The summed E-state index contributed by atoms with van der Waals surface area (Å²) in [5.74, 6) is 0. The van der Waals surface area contributed by atoms with Gasteiger partial charge in [0.2, 0.25) is 0 Å². The zero-order chi connectivity index (χ0) is 10.2. The van der Waals surface area contributed by atoms with Gasteiger partial charge in [0.15, 0.2) is 0 Å². The van der Waals surface area contributed by atoms with Gasteiger partial charge in [0.25, 0.3) is 0 Å². The van der Waals surface area contributed by atoms with Crippen molar-refractivity contribution in [1.82, 2.24) is 4.90 Å². The number of aliphatic hydroxyl groups excluding tert-OH is 1. The molecule has 1 N–H and O–H groups in total. The minimum atomic E-state index is 0.264. The summed E-state index contributed by atoms with van der Waals surface area (Å²) >= 11 is 0. The van der Waals surface area contributed by atoms with E-state index in [1.54, 1.807) is 0 Å². The maximum atomic E-state index is 8.98. The lowest BCUT2D eigenvalue weighted by atomic mass is 10.1. The van der Waals surface area contributed by atoms with Crippen LogP contribution in [0.25, 0.3) is 0 Å². The third-order valence-corrected chi connectivity index (χ3v) is 2.84. The predicted octanol–water partition coefficient (Wildman–Crippen LogP) is 1.26. The van der Waals surface area contributed by atoms with Crippen molar-refractivity contribution in [3.63, 3.8) is 0 Å². The highest BCUT2D eigenvalue weighted by Crippen LogP contribution is 2.13. The highest BCUT2D eigenvalue weighted by Gasteiger charge is 2.20. The second-order valence-corrected chi connectivity index (χ2v) is 3.98. The second-order valence-electron chi connectivity index (χ2n) is 3.98. The van der Waals surface area contributed by atoms with Crippen LogP contribution in [-0.2, 0) is 4.74 Å². The highest BCUT2D eigenvalue weighted by molar-refractivity contribution is 4.74. The average molecular weight is 201 g/mol. The van der Waals surface area contributed by atoms with Gasteiger partial charge >= 0.3 is 0 Å². The Balaban J connectivity index is 2.30. The zero-order valence-electron chi connectivity index (χ0n) is 9.24. The van der Waals surface area contributed by atoms with E-state index < -0.39 is 0 Å². The van der Waals surface area contributed by atoms with Crippen LogP contribution in [0.1, 0.15) is 32.6 Å². The van der Waals surface area contributed by atoms with Gasteiger partial charge < -0.3 is 9.84 Å². The smallest absolute Gasteiger partial charge is 0.0621 e. The molecule has 0 saturated carbocycles. The van der Waals surface area contributed by atoms with Crippen LogP contribution in [0.15, 0.2) is 0 Å². The maximum Gasteiger partial charge on any atom is 0.0621 e. The molecule has 0 spiro atoms. The van der Waals surface area contributed by atoms with Crippen molar-refractivity contribution in [2.75, 3.05) is 32.9 Å². The van der Waals surface area contributed by atoms with Gasteiger partial charge in [-0.15, -0.1) is 0 Å². The van der Waals surface area contributed by atoms with Crippen molar-refractivity contribution in [2.24, 2.45) is 0 Å². The molecule has 0 amide bonds. The summed E-state index contributed by atoms with van der Waals surface area (Å²) in [5, 5.41) is 8.98. The second kappa shape index (κ2) is 7.21. The molecule has 1 aliphatic rings. The fourth-order valence-electron chi connectivity index (χ4n) is 1.98. The fourth-order valence-corrected chi connectivity index (χ4v) is 1.98. The average Bonchev–Trinajstić information content (AvgIpc) is 2.25. The van der Waals surface area contributed by atoms with E-state index in [9.17, 15) is 0 Å². The number of aliphatic hydroxyl groups is 1. The Hall–Kier alpha value is -0.120. The van der Waals surface area contributed by atoms with Gasteiger partial charge in [0.05, 0.1) is 13.2 Å². The lowest BCUT2D eigenvalue weighted by molar-refractivity contribution is 0.0117. The Morgan fingerprint density at radius 3 is 2.86 bits per heavy atom. The molecule has 0 aliphatic carbocycles. The summed E-state index contributed by atoms with van der Waals surface area (Å²) in [4.78, 5) is 2.38. The Kier molecular flexibility index (Phi) is 6.15. The minimum Gasteiger partial charge on any atom is -0.395 e. The Morgan fingerprint density at radius 2 is 2.29 bits per heavy atom. The number of ether oxygens (including phenoxy) is 1. The van der Waals surface area contributed by atoms with Gasteiger partial charge in [-0.2, -0.15) is 0 Å². The molecule has 0 aromatic carbocycles. The zero-order valence-corrected chi connectivity index (χ0v) is 9.24. The molecule has 1 saturated heterocycles. The first-order valence-electron chi connectivity index (χ1n) is 5.81. The van der Waals surface area contributed by atoms with Gasteiger partial charge in [-0.25, -0.2) is 0 Å². The molecule has 1 heterocycles. The Labute approximate surface area is 87.1 Å². The number of hydrogen-bond donors (Lipinski definition) is 1. The van der Waals surface area contributed by atoms with E-state index in [1.165, 1.54) is 25.7 Å². The summed E-state index contributed by atoms with van der Waals surface area (Å²) in [6.45, 7) is 6.13. The molecule has 0 bridgehead atoms. The van der Waals surface area contributed by atoms with Crippen LogP contribution >= 0.6 is 0 Å². The predicted molar refractivity (Wildman–Crippen MR) is 57.4 cm³/mol. The van der Waals surface area contributed by atoms with Crippen LogP contribution in [0.3, 0.4) is 0 Å². The van der Waals surface area contributed by atoms with Crippen molar-refractivity contribution < 1.29 is 9.84 Å². The first-order valence-corrected chi connectivity index (χ1v) is 5.81. The molecular formula is C11H23NO2. The van der Waals surface area contributed by atoms with Crippen LogP contribution < -0.4 is 0 Å². The van der Waals surface area contributed by atoms with Gasteiger partial charge in [-0.05, 0) is 25.8 Å². The van der Waals surface area contributed by atoms with Crippen molar-refractivity contribution >= 4 is 0 Å². The molecule has 3 nitrogen and oxygen atoms in total. The largest absolute Gasteiger partial charge is 0.395 e. The molecule has 1 fully saturated rings. The van der Waals surface area contributed by atoms with E-state index >= 15 is 0 Å². The molecule has 1 rings (SSSR count). The summed E-state index contributed by atoms with van der Waals surface area (Å²) in [7, 11) is 0. The summed E-state index contributed by atoms with van der Waals surface area (Å²) < 4.78 is 5.47. The fraction of sp³-hybridized carbons (Fsp3) is 1.00. The molecule has 1 aliphatic heterocycles. The highest BCUT2D eigenvalue weighted by atomic mass is 16.5. The number of unbranched alkanes of at least 4 members (excludes halogenated alkanes) is 1. The molecule has 0 aromatic heterocycles. The Morgan fingerprint density at radius 1 is 1.43 bits per heavy atom. The van der Waals surface area contributed by atoms with E-state index in [-0.39, 0.29) is 6.61 Å². The lowest BCUT2D eigenvalue weighted by Gasteiger charge is -2.33. The van der Waals surface area contributed by atoms with Crippen LogP contribution in [0.2, 0.25) is 0 Å². The van der Waals surface area contributed by atoms with Crippen molar-refractivity contribution in [3.8, 4) is 0 Å². The monoisotopic (exact) mass is 201 g/mol. The van der Waals surface area contributed by atoms with Gasteiger partial charge in [0, 0.05) is 19.2 Å². The molecule has 1 atom stereocenters. The first-order chi connectivity index (χ1) is 6.88. The third kappa shape index (κ3) is 3.95. The van der Waals surface area contributed by atoms with E-state index in [0.717, 1.165) is 26.3 Å². The van der Waals surface area contributed by atoms with Crippen molar-refractivity contribution in [2.45, 2.75) is 38.6 Å². The molecule has 1 unspecified atom stereocenters.